The van der Waals surface area contributed by atoms with Crippen molar-refractivity contribution in [3.8, 4) is 0 Å². The van der Waals surface area contributed by atoms with Crippen LogP contribution in [0, 0.1) is 5.92 Å². The summed E-state index contributed by atoms with van der Waals surface area (Å²) in [4.78, 5) is 18.1. The van der Waals surface area contributed by atoms with E-state index < -0.39 is 5.97 Å². The van der Waals surface area contributed by atoms with Crippen molar-refractivity contribution in [2.75, 3.05) is 45.9 Å². The number of hydrogen-bond acceptors (Lipinski definition) is 5. The van der Waals surface area contributed by atoms with Crippen LogP contribution in [-0.4, -0.2) is 66.8 Å². The molecule has 2 fully saturated rings. The van der Waals surface area contributed by atoms with Crippen LogP contribution in [0.3, 0.4) is 0 Å². The molecular weight excluding hydrogens is 336 g/mol. The van der Waals surface area contributed by atoms with Gasteiger partial charge in [-0.15, -0.1) is 11.3 Å². The van der Waals surface area contributed by atoms with Crippen molar-refractivity contribution in [1.29, 1.82) is 0 Å². The maximum atomic E-state index is 11.3. The zero-order valence-electron chi connectivity index (χ0n) is 15.0. The molecule has 2 saturated heterocycles. The van der Waals surface area contributed by atoms with Gasteiger partial charge in [-0.05, 0) is 56.3 Å². The Bertz CT molecular complexity index is 637. The fourth-order valence-electron chi connectivity index (χ4n) is 4.71. The number of rotatable bonds is 4. The lowest BCUT2D eigenvalue weighted by molar-refractivity contribution is -0.0962. The Hall–Kier alpha value is -0.950. The van der Waals surface area contributed by atoms with Crippen molar-refractivity contribution in [3.63, 3.8) is 0 Å². The molecule has 25 heavy (non-hydrogen) atoms. The van der Waals surface area contributed by atoms with Gasteiger partial charge in [0.05, 0.1) is 6.61 Å². The number of piperidine rings is 1. The molecule has 3 aliphatic heterocycles. The van der Waals surface area contributed by atoms with Crippen LogP contribution < -0.4 is 0 Å². The van der Waals surface area contributed by atoms with Gasteiger partial charge in [-0.1, -0.05) is 6.92 Å². The third-order valence-corrected chi connectivity index (χ3v) is 7.53. The van der Waals surface area contributed by atoms with Crippen molar-refractivity contribution in [3.05, 3.63) is 21.4 Å². The number of carboxylic acids is 1. The number of ether oxygens (including phenoxy) is 1. The second-order valence-corrected chi connectivity index (χ2v) is 8.76. The summed E-state index contributed by atoms with van der Waals surface area (Å²) in [6.07, 6.45) is 4.15. The Labute approximate surface area is 153 Å². The third-order valence-electron chi connectivity index (χ3n) is 6.18. The van der Waals surface area contributed by atoms with Gasteiger partial charge in [-0.25, -0.2) is 4.79 Å². The van der Waals surface area contributed by atoms with Crippen molar-refractivity contribution in [1.82, 2.24) is 9.80 Å². The van der Waals surface area contributed by atoms with E-state index in [1.54, 1.807) is 0 Å². The van der Waals surface area contributed by atoms with E-state index in [-0.39, 0.29) is 5.60 Å². The van der Waals surface area contributed by atoms with Crippen LogP contribution >= 0.6 is 11.3 Å². The highest BCUT2D eigenvalue weighted by Crippen LogP contribution is 2.45. The second-order valence-electron chi connectivity index (χ2n) is 7.71. The van der Waals surface area contributed by atoms with Crippen LogP contribution in [0.4, 0.5) is 0 Å². The molecule has 1 N–H and O–H groups in total. The number of thiophene rings is 1. The van der Waals surface area contributed by atoms with E-state index in [9.17, 15) is 9.90 Å². The average Bonchev–Trinajstić information content (AvgIpc) is 3.24. The number of carbonyl (C=O) groups is 1. The van der Waals surface area contributed by atoms with Gasteiger partial charge < -0.3 is 19.6 Å². The minimum atomic E-state index is -0.811. The van der Waals surface area contributed by atoms with Crippen molar-refractivity contribution >= 4 is 17.3 Å². The molecule has 4 rings (SSSR count). The Morgan fingerprint density at radius 2 is 2.16 bits per heavy atom. The van der Waals surface area contributed by atoms with E-state index in [4.69, 9.17) is 4.74 Å². The molecule has 1 unspecified atom stereocenters. The van der Waals surface area contributed by atoms with Gasteiger partial charge in [0.2, 0.25) is 0 Å². The molecule has 0 aliphatic carbocycles. The molecule has 6 heteroatoms. The topological polar surface area (TPSA) is 53.0 Å². The van der Waals surface area contributed by atoms with Crippen molar-refractivity contribution in [2.24, 2.45) is 5.92 Å². The molecular formula is C19H28N2O3S. The monoisotopic (exact) mass is 364 g/mol. The van der Waals surface area contributed by atoms with Gasteiger partial charge in [-0.2, -0.15) is 0 Å². The lowest BCUT2D eigenvalue weighted by atomic mass is 9.85. The highest BCUT2D eigenvalue weighted by Gasteiger charge is 2.43. The summed E-state index contributed by atoms with van der Waals surface area (Å²) in [5, 5.41) is 9.32. The fourth-order valence-corrected chi connectivity index (χ4v) is 5.96. The number of fused-ring (bicyclic) bond motifs is 2. The third kappa shape index (κ3) is 3.37. The Kier molecular flexibility index (Phi) is 4.88. The molecule has 1 atom stereocenters. The summed E-state index contributed by atoms with van der Waals surface area (Å²) >= 11 is 1.44. The molecule has 0 amide bonds. The molecule has 0 aromatic carbocycles. The number of likely N-dealkylation sites (tertiary alicyclic amines) is 2. The van der Waals surface area contributed by atoms with E-state index in [1.807, 2.05) is 6.07 Å². The van der Waals surface area contributed by atoms with E-state index in [1.165, 1.54) is 54.4 Å². The lowest BCUT2D eigenvalue weighted by Gasteiger charge is -2.44. The molecule has 0 saturated carbocycles. The first kappa shape index (κ1) is 17.5. The predicted octanol–water partition coefficient (Wildman–Crippen LogP) is 2.65. The maximum Gasteiger partial charge on any atom is 0.345 e. The largest absolute Gasteiger partial charge is 0.477 e. The van der Waals surface area contributed by atoms with Crippen molar-refractivity contribution < 1.29 is 14.6 Å². The van der Waals surface area contributed by atoms with Crippen molar-refractivity contribution in [2.45, 2.75) is 38.2 Å². The summed E-state index contributed by atoms with van der Waals surface area (Å²) in [5.41, 5.74) is 0.976. The summed E-state index contributed by atoms with van der Waals surface area (Å²) < 4.78 is 6.26. The van der Waals surface area contributed by atoms with Crippen LogP contribution in [-0.2, 0) is 16.8 Å². The quantitative estimate of drug-likeness (QED) is 0.890. The Morgan fingerprint density at radius 1 is 1.36 bits per heavy atom. The van der Waals surface area contributed by atoms with Gasteiger partial charge >= 0.3 is 5.97 Å². The zero-order chi connectivity index (χ0) is 17.4. The first-order chi connectivity index (χ1) is 12.1. The molecule has 1 aromatic rings. The molecule has 0 bridgehead atoms. The molecule has 5 nitrogen and oxygen atoms in total. The van der Waals surface area contributed by atoms with Gasteiger partial charge in [0.25, 0.3) is 0 Å². The molecule has 3 aliphatic rings. The average molecular weight is 365 g/mol. The van der Waals surface area contributed by atoms with Gasteiger partial charge in [0.1, 0.15) is 10.5 Å². The molecule has 1 spiro atoms. The number of nitrogens with zero attached hydrogens (tertiary/aromatic N) is 2. The standard InChI is InChI=1S/C19H28N2O3S/c1-2-20-7-3-14(12-20)13-21-8-5-19(6-9-21)17-15(4-10-24-19)11-16(25-17)18(22)23/h11,14H,2-10,12-13H2,1H3,(H,22,23). The summed E-state index contributed by atoms with van der Waals surface area (Å²) in [5.74, 6) is -0.00844. The zero-order valence-corrected chi connectivity index (χ0v) is 15.8. The van der Waals surface area contributed by atoms with Crippen LogP contribution in [0.1, 0.15) is 46.3 Å². The first-order valence-corrected chi connectivity index (χ1v) is 10.4. The number of carboxylic acid groups (broad SMARTS) is 1. The highest BCUT2D eigenvalue weighted by molar-refractivity contribution is 7.14. The summed E-state index contributed by atoms with van der Waals surface area (Å²) in [6, 6.07) is 1.87. The second kappa shape index (κ2) is 6.99. The van der Waals surface area contributed by atoms with E-state index in [0.717, 1.165) is 44.9 Å². The SMILES string of the molecule is CCN1CCC(CN2CCC3(CC2)OCCc2cc(C(=O)O)sc23)C1. The fraction of sp³-hybridized carbons (Fsp3) is 0.737. The smallest absolute Gasteiger partial charge is 0.345 e. The van der Waals surface area contributed by atoms with E-state index in [2.05, 4.69) is 16.7 Å². The van der Waals surface area contributed by atoms with Gasteiger partial charge in [0.15, 0.2) is 0 Å². The summed E-state index contributed by atoms with van der Waals surface area (Å²) in [7, 11) is 0. The van der Waals surface area contributed by atoms with Crippen LogP contribution in [0.15, 0.2) is 6.07 Å². The maximum absolute atomic E-state index is 11.3. The minimum Gasteiger partial charge on any atom is -0.477 e. The van der Waals surface area contributed by atoms with E-state index in [0.29, 0.717) is 4.88 Å². The number of aromatic carboxylic acids is 1. The lowest BCUT2D eigenvalue weighted by Crippen LogP contribution is -2.47. The first-order valence-electron chi connectivity index (χ1n) is 9.55. The predicted molar refractivity (Wildman–Crippen MR) is 98.5 cm³/mol. The van der Waals surface area contributed by atoms with Crippen LogP contribution in [0.5, 0.6) is 0 Å². The molecule has 4 heterocycles. The van der Waals surface area contributed by atoms with Gasteiger partial charge in [-0.3, -0.25) is 0 Å². The Balaban J connectivity index is 1.41. The number of hydrogen-bond donors (Lipinski definition) is 1. The van der Waals surface area contributed by atoms with Crippen LogP contribution in [0.2, 0.25) is 0 Å². The Morgan fingerprint density at radius 3 is 2.84 bits per heavy atom. The minimum absolute atomic E-state index is 0.229. The normalized spacial score (nSPS) is 26.8. The van der Waals surface area contributed by atoms with Gasteiger partial charge in [0, 0.05) is 31.1 Å². The molecule has 1 aromatic heterocycles. The van der Waals surface area contributed by atoms with E-state index >= 15 is 0 Å². The molecule has 138 valence electrons. The summed E-state index contributed by atoms with van der Waals surface area (Å²) in [6.45, 7) is 9.94. The molecule has 0 radical (unpaired) electrons. The highest BCUT2D eigenvalue weighted by atomic mass is 32.1. The van der Waals surface area contributed by atoms with Crippen LogP contribution in [0.25, 0.3) is 0 Å².